The number of ether oxygens (including phenoxy) is 2. The lowest BCUT2D eigenvalue weighted by Crippen LogP contribution is -2.44. The highest BCUT2D eigenvalue weighted by atomic mass is 16.5. The molecule has 2 heterocycles. The van der Waals surface area contributed by atoms with E-state index in [0.29, 0.717) is 6.61 Å². The van der Waals surface area contributed by atoms with Gasteiger partial charge in [-0.15, -0.1) is 0 Å². The van der Waals surface area contributed by atoms with Gasteiger partial charge in [-0.2, -0.15) is 0 Å². The third-order valence-corrected chi connectivity index (χ3v) is 5.23. The first-order valence-corrected chi connectivity index (χ1v) is 8.69. The fourth-order valence-corrected chi connectivity index (χ4v) is 3.95. The SMILES string of the molecule is COc1ccc(CN2CCC[C@@]3(CO[C@H](C(=O)N(C)C)C3)C2)cc1. The molecule has 1 amide bonds. The molecular formula is C19H28N2O3. The molecule has 0 radical (unpaired) electrons. The van der Waals surface area contributed by atoms with Crippen molar-refractivity contribution in [2.45, 2.75) is 31.9 Å². The molecule has 1 aromatic rings. The molecule has 1 spiro atoms. The van der Waals surface area contributed by atoms with Crippen LogP contribution in [0.15, 0.2) is 24.3 Å². The quantitative estimate of drug-likeness (QED) is 0.847. The Hall–Kier alpha value is -1.59. The Morgan fingerprint density at radius 3 is 2.79 bits per heavy atom. The first-order valence-electron chi connectivity index (χ1n) is 8.69. The summed E-state index contributed by atoms with van der Waals surface area (Å²) in [5.74, 6) is 0.988. The van der Waals surface area contributed by atoms with Gasteiger partial charge in [0.2, 0.25) is 0 Å². The molecule has 0 aliphatic carbocycles. The molecule has 0 saturated carbocycles. The number of hydrogen-bond donors (Lipinski definition) is 0. The molecule has 132 valence electrons. The molecule has 2 atom stereocenters. The molecule has 0 unspecified atom stereocenters. The number of nitrogens with zero attached hydrogens (tertiary/aromatic N) is 2. The predicted octanol–water partition coefficient (Wildman–Crippen LogP) is 2.15. The zero-order chi connectivity index (χ0) is 17.2. The van der Waals surface area contributed by atoms with Gasteiger partial charge in [-0.3, -0.25) is 9.69 Å². The molecule has 5 heteroatoms. The van der Waals surface area contributed by atoms with Gasteiger partial charge in [0, 0.05) is 32.6 Å². The minimum atomic E-state index is -0.263. The van der Waals surface area contributed by atoms with Crippen LogP contribution in [0.4, 0.5) is 0 Å². The summed E-state index contributed by atoms with van der Waals surface area (Å²) in [5.41, 5.74) is 1.44. The number of likely N-dealkylation sites (tertiary alicyclic amines) is 1. The average molecular weight is 332 g/mol. The number of hydrogen-bond acceptors (Lipinski definition) is 4. The summed E-state index contributed by atoms with van der Waals surface area (Å²) in [7, 11) is 5.29. The molecule has 24 heavy (non-hydrogen) atoms. The Kier molecular flexibility index (Phi) is 5.11. The molecule has 3 rings (SSSR count). The average Bonchev–Trinajstić information content (AvgIpc) is 2.98. The Morgan fingerprint density at radius 1 is 1.38 bits per heavy atom. The number of amides is 1. The Balaban J connectivity index is 1.61. The van der Waals surface area contributed by atoms with Crippen molar-refractivity contribution in [1.29, 1.82) is 0 Å². The van der Waals surface area contributed by atoms with E-state index in [1.54, 1.807) is 26.1 Å². The maximum atomic E-state index is 12.2. The third-order valence-electron chi connectivity index (χ3n) is 5.23. The van der Waals surface area contributed by atoms with Gasteiger partial charge in [0.15, 0.2) is 0 Å². The zero-order valence-electron chi connectivity index (χ0n) is 15.0. The fraction of sp³-hybridized carbons (Fsp3) is 0.632. The summed E-state index contributed by atoms with van der Waals surface area (Å²) in [6.45, 7) is 3.77. The maximum absolute atomic E-state index is 12.2. The van der Waals surface area contributed by atoms with E-state index in [-0.39, 0.29) is 17.4 Å². The number of rotatable bonds is 4. The van der Waals surface area contributed by atoms with E-state index < -0.39 is 0 Å². The molecule has 0 aromatic heterocycles. The van der Waals surface area contributed by atoms with Crippen molar-refractivity contribution in [2.75, 3.05) is 40.9 Å². The second-order valence-corrected chi connectivity index (χ2v) is 7.40. The van der Waals surface area contributed by atoms with Crippen molar-refractivity contribution >= 4 is 5.91 Å². The van der Waals surface area contributed by atoms with Crippen LogP contribution < -0.4 is 4.74 Å². The van der Waals surface area contributed by atoms with Gasteiger partial charge in [-0.05, 0) is 43.5 Å². The lowest BCUT2D eigenvalue weighted by molar-refractivity contribution is -0.138. The first kappa shape index (κ1) is 17.2. The summed E-state index contributed by atoms with van der Waals surface area (Å²) in [6.07, 6.45) is 2.91. The molecule has 2 saturated heterocycles. The van der Waals surface area contributed by atoms with E-state index in [4.69, 9.17) is 9.47 Å². The predicted molar refractivity (Wildman–Crippen MR) is 93.0 cm³/mol. The largest absolute Gasteiger partial charge is 0.497 e. The van der Waals surface area contributed by atoms with E-state index >= 15 is 0 Å². The monoisotopic (exact) mass is 332 g/mol. The number of piperidine rings is 1. The molecule has 5 nitrogen and oxygen atoms in total. The molecule has 0 N–H and O–H groups in total. The normalized spacial score (nSPS) is 27.4. The van der Waals surface area contributed by atoms with E-state index in [2.05, 4.69) is 17.0 Å². The van der Waals surface area contributed by atoms with Gasteiger partial charge in [-0.1, -0.05) is 12.1 Å². The van der Waals surface area contributed by atoms with Crippen molar-refractivity contribution in [2.24, 2.45) is 5.41 Å². The lowest BCUT2D eigenvalue weighted by atomic mass is 9.78. The minimum absolute atomic E-state index is 0.0964. The summed E-state index contributed by atoms with van der Waals surface area (Å²) in [4.78, 5) is 16.3. The van der Waals surface area contributed by atoms with Gasteiger partial charge in [0.05, 0.1) is 13.7 Å². The topological polar surface area (TPSA) is 42.0 Å². The van der Waals surface area contributed by atoms with Gasteiger partial charge in [0.1, 0.15) is 11.9 Å². The number of carbonyl (C=O) groups excluding carboxylic acids is 1. The molecule has 2 fully saturated rings. The van der Waals surface area contributed by atoms with Crippen LogP contribution in [0, 0.1) is 5.41 Å². The highest BCUT2D eigenvalue weighted by Crippen LogP contribution is 2.41. The smallest absolute Gasteiger partial charge is 0.251 e. The molecule has 2 aliphatic heterocycles. The molecular weight excluding hydrogens is 304 g/mol. The number of benzene rings is 1. The zero-order valence-corrected chi connectivity index (χ0v) is 15.0. The first-order chi connectivity index (χ1) is 11.5. The van der Waals surface area contributed by atoms with Gasteiger partial charge < -0.3 is 14.4 Å². The van der Waals surface area contributed by atoms with Crippen LogP contribution in [0.25, 0.3) is 0 Å². The van der Waals surface area contributed by atoms with Gasteiger partial charge in [0.25, 0.3) is 5.91 Å². The lowest BCUT2D eigenvalue weighted by Gasteiger charge is -2.39. The second kappa shape index (κ2) is 7.11. The van der Waals surface area contributed by atoms with E-state index in [1.165, 1.54) is 12.0 Å². The van der Waals surface area contributed by atoms with Crippen LogP contribution in [0.2, 0.25) is 0 Å². The summed E-state index contributed by atoms with van der Waals surface area (Å²) in [5, 5.41) is 0. The van der Waals surface area contributed by atoms with E-state index in [0.717, 1.165) is 38.2 Å². The number of methoxy groups -OCH3 is 1. The molecule has 1 aromatic carbocycles. The van der Waals surface area contributed by atoms with E-state index in [1.807, 2.05) is 12.1 Å². The van der Waals surface area contributed by atoms with Crippen molar-refractivity contribution in [3.05, 3.63) is 29.8 Å². The Labute approximate surface area is 144 Å². The Bertz CT molecular complexity index is 572. The number of likely N-dealkylation sites (N-methyl/N-ethyl adjacent to an activating group) is 1. The van der Waals surface area contributed by atoms with Gasteiger partial charge >= 0.3 is 0 Å². The molecule has 0 bridgehead atoms. The summed E-state index contributed by atoms with van der Waals surface area (Å²) in [6, 6.07) is 8.28. The van der Waals surface area contributed by atoms with Crippen LogP contribution in [-0.2, 0) is 16.1 Å². The van der Waals surface area contributed by atoms with Crippen LogP contribution in [0.5, 0.6) is 5.75 Å². The molecule has 2 aliphatic rings. The summed E-state index contributed by atoms with van der Waals surface area (Å²) >= 11 is 0. The third kappa shape index (κ3) is 3.73. The Morgan fingerprint density at radius 2 is 2.12 bits per heavy atom. The van der Waals surface area contributed by atoms with E-state index in [9.17, 15) is 4.79 Å². The van der Waals surface area contributed by atoms with Crippen LogP contribution >= 0.6 is 0 Å². The van der Waals surface area contributed by atoms with Crippen molar-refractivity contribution < 1.29 is 14.3 Å². The fourth-order valence-electron chi connectivity index (χ4n) is 3.95. The second-order valence-electron chi connectivity index (χ2n) is 7.40. The number of carbonyl (C=O) groups is 1. The van der Waals surface area contributed by atoms with Crippen LogP contribution in [0.1, 0.15) is 24.8 Å². The highest BCUT2D eigenvalue weighted by molar-refractivity contribution is 5.80. The minimum Gasteiger partial charge on any atom is -0.497 e. The summed E-state index contributed by atoms with van der Waals surface area (Å²) < 4.78 is 11.1. The highest BCUT2D eigenvalue weighted by Gasteiger charge is 2.45. The van der Waals surface area contributed by atoms with Crippen LogP contribution in [-0.4, -0.2) is 62.7 Å². The van der Waals surface area contributed by atoms with Crippen molar-refractivity contribution in [3.63, 3.8) is 0 Å². The van der Waals surface area contributed by atoms with Crippen molar-refractivity contribution in [3.8, 4) is 5.75 Å². The standard InChI is InChI=1S/C19H28N2O3/c1-20(2)18(22)17-11-19(14-24-17)9-4-10-21(13-19)12-15-5-7-16(23-3)8-6-15/h5-8,17H,4,9-14H2,1-3H3/t17-,19-/m0/s1. The van der Waals surface area contributed by atoms with Crippen LogP contribution in [0.3, 0.4) is 0 Å². The maximum Gasteiger partial charge on any atom is 0.251 e. The van der Waals surface area contributed by atoms with Crippen molar-refractivity contribution in [1.82, 2.24) is 9.80 Å². The van der Waals surface area contributed by atoms with Gasteiger partial charge in [-0.25, -0.2) is 0 Å².